The van der Waals surface area contributed by atoms with E-state index in [-0.39, 0.29) is 0 Å². The summed E-state index contributed by atoms with van der Waals surface area (Å²) in [6, 6.07) is 11.0. The molecule has 0 spiro atoms. The van der Waals surface area contributed by atoms with Gasteiger partial charge < -0.3 is 9.94 Å². The molecule has 0 saturated heterocycles. The van der Waals surface area contributed by atoms with Crippen molar-refractivity contribution in [3.63, 3.8) is 0 Å². The number of aryl methyl sites for hydroxylation is 1. The van der Waals surface area contributed by atoms with Gasteiger partial charge in [0.15, 0.2) is 5.75 Å². The van der Waals surface area contributed by atoms with Crippen LogP contribution in [0.1, 0.15) is 5.56 Å². The predicted molar refractivity (Wildman–Crippen MR) is 69.5 cm³/mol. The molecular formula is C14H12N2O2. The molecular weight excluding hydrogens is 228 g/mol. The second-order valence-corrected chi connectivity index (χ2v) is 4.23. The van der Waals surface area contributed by atoms with E-state index in [2.05, 4.69) is 4.98 Å². The van der Waals surface area contributed by atoms with Gasteiger partial charge in [0.2, 0.25) is 5.52 Å². The van der Waals surface area contributed by atoms with Crippen molar-refractivity contribution in [1.29, 1.82) is 0 Å². The van der Waals surface area contributed by atoms with Crippen LogP contribution in [0.5, 0.6) is 5.75 Å². The van der Waals surface area contributed by atoms with Crippen LogP contribution in [-0.2, 0) is 0 Å². The Morgan fingerprint density at radius 3 is 2.78 bits per heavy atom. The average molecular weight is 240 g/mol. The highest BCUT2D eigenvalue weighted by Gasteiger charge is 2.16. The van der Waals surface area contributed by atoms with Crippen LogP contribution >= 0.6 is 0 Å². The minimum absolute atomic E-state index is 0.470. The van der Waals surface area contributed by atoms with Gasteiger partial charge >= 0.3 is 0 Å². The highest BCUT2D eigenvalue weighted by Crippen LogP contribution is 2.23. The molecule has 0 fully saturated rings. The molecule has 0 aliphatic heterocycles. The molecule has 0 aliphatic carbocycles. The highest BCUT2D eigenvalue weighted by atomic mass is 16.5. The normalized spacial score (nSPS) is 11.0. The van der Waals surface area contributed by atoms with Crippen LogP contribution in [0, 0.1) is 12.1 Å². The summed E-state index contributed by atoms with van der Waals surface area (Å²) in [6.07, 6.45) is 0. The summed E-state index contributed by atoms with van der Waals surface area (Å²) in [5, 5.41) is 12.4. The number of hydrogen-bond acceptors (Lipinski definition) is 3. The van der Waals surface area contributed by atoms with E-state index in [1.807, 2.05) is 37.3 Å². The molecule has 0 saturated carbocycles. The number of methoxy groups -OCH3 is 1. The first-order valence-electron chi connectivity index (χ1n) is 5.67. The molecule has 2 aromatic carbocycles. The van der Waals surface area contributed by atoms with Gasteiger partial charge in [-0.3, -0.25) is 0 Å². The molecule has 18 heavy (non-hydrogen) atoms. The van der Waals surface area contributed by atoms with E-state index in [9.17, 15) is 5.21 Å². The van der Waals surface area contributed by atoms with Gasteiger partial charge in [0, 0.05) is 6.07 Å². The zero-order valence-corrected chi connectivity index (χ0v) is 10.2. The molecule has 0 atom stereocenters. The molecule has 90 valence electrons. The number of hydrogen-bond donors (Lipinski definition) is 0. The predicted octanol–water partition coefficient (Wildman–Crippen LogP) is 2.34. The van der Waals surface area contributed by atoms with Gasteiger partial charge in [0.1, 0.15) is 11.0 Å². The molecule has 0 unspecified atom stereocenters. The van der Waals surface area contributed by atoms with Crippen molar-refractivity contribution in [1.82, 2.24) is 4.98 Å². The monoisotopic (exact) mass is 240 g/mol. The first kappa shape index (κ1) is 10.8. The topological polar surface area (TPSA) is 49.1 Å². The molecule has 3 aromatic rings. The van der Waals surface area contributed by atoms with Crippen LogP contribution in [0.25, 0.3) is 22.1 Å². The van der Waals surface area contributed by atoms with Gasteiger partial charge in [0.05, 0.1) is 7.11 Å². The second kappa shape index (κ2) is 3.84. The van der Waals surface area contributed by atoms with Crippen molar-refractivity contribution >= 4 is 22.1 Å². The Morgan fingerprint density at radius 1 is 1.17 bits per heavy atom. The Balaban J connectivity index is 2.53. The maximum absolute atomic E-state index is 12.4. The lowest BCUT2D eigenvalue weighted by Crippen LogP contribution is -2.29. The van der Waals surface area contributed by atoms with Crippen molar-refractivity contribution in [2.75, 3.05) is 7.11 Å². The summed E-state index contributed by atoms with van der Waals surface area (Å²) < 4.78 is 6.12. The standard InChI is InChI=1S/C14H12N2O2/c1-9-6-7-10-12(8-9)16(17)14-11(15-10)4-3-5-13(14)18-2/h3-8H,1-2H3. The quantitative estimate of drug-likeness (QED) is 0.372. The minimum Gasteiger partial charge on any atom is -0.618 e. The fourth-order valence-electron chi connectivity index (χ4n) is 2.11. The largest absolute Gasteiger partial charge is 0.618 e. The molecule has 4 nitrogen and oxygen atoms in total. The number of fused-ring (bicyclic) bond motifs is 2. The maximum Gasteiger partial charge on any atom is 0.285 e. The van der Waals surface area contributed by atoms with Crippen LogP contribution < -0.4 is 9.47 Å². The summed E-state index contributed by atoms with van der Waals surface area (Å²) in [6.45, 7) is 1.95. The van der Waals surface area contributed by atoms with Crippen LogP contribution in [-0.4, -0.2) is 12.1 Å². The Kier molecular flexibility index (Phi) is 2.30. The summed E-state index contributed by atoms with van der Waals surface area (Å²) >= 11 is 0. The van der Waals surface area contributed by atoms with Crippen molar-refractivity contribution in [2.24, 2.45) is 0 Å². The van der Waals surface area contributed by atoms with Gasteiger partial charge in [-0.05, 0) is 30.7 Å². The number of benzene rings is 2. The fourth-order valence-corrected chi connectivity index (χ4v) is 2.11. The molecule has 0 amide bonds. The molecule has 0 aliphatic rings. The number of aromatic nitrogens is 2. The zero-order chi connectivity index (χ0) is 12.7. The number of ether oxygens (including phenoxy) is 1. The number of nitrogens with zero attached hydrogens (tertiary/aromatic N) is 2. The highest BCUT2D eigenvalue weighted by molar-refractivity contribution is 5.85. The van der Waals surface area contributed by atoms with Gasteiger partial charge in [-0.1, -0.05) is 12.1 Å². The minimum atomic E-state index is 0.470. The third kappa shape index (κ3) is 1.46. The lowest BCUT2D eigenvalue weighted by atomic mass is 10.2. The van der Waals surface area contributed by atoms with Crippen LogP contribution in [0.3, 0.4) is 0 Å². The van der Waals surface area contributed by atoms with Crippen LogP contribution in [0.15, 0.2) is 36.4 Å². The van der Waals surface area contributed by atoms with Crippen LogP contribution in [0.4, 0.5) is 0 Å². The number of rotatable bonds is 1. The Morgan fingerprint density at radius 2 is 2.00 bits per heavy atom. The molecule has 1 heterocycles. The SMILES string of the molecule is COc1cccc2nc3ccc(C)cc3[n+]([O-])c12. The van der Waals surface area contributed by atoms with E-state index in [0.29, 0.717) is 27.8 Å². The zero-order valence-electron chi connectivity index (χ0n) is 10.2. The van der Waals surface area contributed by atoms with Gasteiger partial charge in [-0.25, -0.2) is 4.98 Å². The molecule has 0 radical (unpaired) electrons. The second-order valence-electron chi connectivity index (χ2n) is 4.23. The average Bonchev–Trinajstić information content (AvgIpc) is 2.39. The summed E-state index contributed by atoms with van der Waals surface area (Å²) in [5.74, 6) is 0.540. The molecule has 1 aromatic heterocycles. The summed E-state index contributed by atoms with van der Waals surface area (Å²) in [5.41, 5.74) is 3.39. The van der Waals surface area contributed by atoms with Gasteiger partial charge in [-0.15, -0.1) is 0 Å². The Hall–Kier alpha value is -2.36. The Labute approximate surface area is 104 Å². The summed E-state index contributed by atoms with van der Waals surface area (Å²) in [7, 11) is 1.55. The van der Waals surface area contributed by atoms with Crippen molar-refractivity contribution in [2.45, 2.75) is 6.92 Å². The molecule has 0 N–H and O–H groups in total. The lowest BCUT2D eigenvalue weighted by molar-refractivity contribution is -0.548. The van der Waals surface area contributed by atoms with E-state index >= 15 is 0 Å². The van der Waals surface area contributed by atoms with Crippen LogP contribution in [0.2, 0.25) is 0 Å². The first-order chi connectivity index (χ1) is 8.70. The van der Waals surface area contributed by atoms with E-state index in [1.54, 1.807) is 13.2 Å². The fraction of sp³-hybridized carbons (Fsp3) is 0.143. The maximum atomic E-state index is 12.4. The smallest absolute Gasteiger partial charge is 0.285 e. The van der Waals surface area contributed by atoms with Crippen molar-refractivity contribution in [3.05, 3.63) is 47.2 Å². The van der Waals surface area contributed by atoms with Crippen molar-refractivity contribution < 1.29 is 9.47 Å². The lowest BCUT2D eigenvalue weighted by Gasteiger charge is -2.08. The summed E-state index contributed by atoms with van der Waals surface area (Å²) in [4.78, 5) is 4.49. The third-order valence-corrected chi connectivity index (χ3v) is 2.99. The third-order valence-electron chi connectivity index (χ3n) is 2.99. The van der Waals surface area contributed by atoms with E-state index in [4.69, 9.17) is 4.74 Å². The van der Waals surface area contributed by atoms with E-state index < -0.39 is 0 Å². The van der Waals surface area contributed by atoms with Crippen molar-refractivity contribution in [3.8, 4) is 5.75 Å². The van der Waals surface area contributed by atoms with E-state index in [0.717, 1.165) is 10.3 Å². The Bertz CT molecular complexity index is 753. The first-order valence-corrected chi connectivity index (χ1v) is 5.67. The molecule has 3 rings (SSSR count). The van der Waals surface area contributed by atoms with E-state index in [1.165, 1.54) is 0 Å². The number of para-hydroxylation sites is 1. The molecule has 4 heteroatoms. The van der Waals surface area contributed by atoms with Gasteiger partial charge in [-0.2, -0.15) is 4.73 Å². The van der Waals surface area contributed by atoms with Gasteiger partial charge in [0.25, 0.3) is 5.52 Å². The molecule has 0 bridgehead atoms.